The Kier molecular flexibility index (Phi) is 7.69. The van der Waals surface area contributed by atoms with Crippen LogP contribution in [0.5, 0.6) is 0 Å². The second kappa shape index (κ2) is 10.4. The Morgan fingerprint density at radius 3 is 1.35 bits per heavy atom. The summed E-state index contributed by atoms with van der Waals surface area (Å²) in [6.45, 7) is 3.18. The van der Waals surface area contributed by atoms with Gasteiger partial charge in [0.1, 0.15) is 38.0 Å². The van der Waals surface area contributed by atoms with Gasteiger partial charge in [0.25, 0.3) is 20.2 Å². The van der Waals surface area contributed by atoms with E-state index in [-0.39, 0.29) is 36.6 Å². The zero-order chi connectivity index (χ0) is 24.3. The maximum Gasteiger partial charge on any atom is 0.297 e. The van der Waals surface area contributed by atoms with Gasteiger partial charge in [-0.15, -0.1) is 0 Å². The largest absolute Gasteiger partial charge is 0.353 e. The predicted octanol–water partition coefficient (Wildman–Crippen LogP) is 1.90. The molecule has 10 nitrogen and oxygen atoms in total. The maximum atomic E-state index is 12.8. The Labute approximate surface area is 198 Å². The summed E-state index contributed by atoms with van der Waals surface area (Å²) in [7, 11) is -8.31. The van der Waals surface area contributed by atoms with Gasteiger partial charge in [-0.3, -0.25) is 8.37 Å². The lowest BCUT2D eigenvalue weighted by molar-refractivity contribution is -0.269. The molecular weight excluding hydrogens is 488 g/mol. The van der Waals surface area contributed by atoms with E-state index in [0.29, 0.717) is 0 Å². The predicted molar refractivity (Wildman–Crippen MR) is 118 cm³/mol. The smallest absolute Gasteiger partial charge is 0.297 e. The summed E-state index contributed by atoms with van der Waals surface area (Å²) in [5.41, 5.74) is 1.79. The number of rotatable bonds is 7. The fourth-order valence-corrected chi connectivity index (χ4v) is 5.75. The Bertz CT molecular complexity index is 1080. The molecule has 4 atom stereocenters. The quantitative estimate of drug-likeness (QED) is 0.506. The van der Waals surface area contributed by atoms with Crippen molar-refractivity contribution in [1.82, 2.24) is 0 Å². The molecule has 186 valence electrons. The number of ether oxygens (including phenoxy) is 4. The molecule has 0 saturated carbocycles. The van der Waals surface area contributed by atoms with Crippen LogP contribution in [0.1, 0.15) is 11.1 Å². The zero-order valence-electron chi connectivity index (χ0n) is 18.7. The van der Waals surface area contributed by atoms with Gasteiger partial charge in [0.2, 0.25) is 0 Å². The molecule has 2 heterocycles. The standard InChI is InChI=1S/C22H26O10S2/c1-15-3-7-17(8-4-15)33(23,24)31-19-11-27-13-29-21(19)22-20(12-28-14-30-22)32-34(25,26)18-9-5-16(2)6-10-18/h3-10,19-22H,11-14H2,1-2H3/t19-,20-,21+,22+/m1/s1. The molecule has 4 rings (SSSR count). The van der Waals surface area contributed by atoms with E-state index in [4.69, 9.17) is 27.3 Å². The Hall–Kier alpha value is -1.90. The molecular formula is C22H26O10S2. The molecule has 2 aromatic carbocycles. The highest BCUT2D eigenvalue weighted by Crippen LogP contribution is 2.28. The minimum atomic E-state index is -4.15. The maximum absolute atomic E-state index is 12.8. The molecule has 2 aliphatic heterocycles. The topological polar surface area (TPSA) is 124 Å². The lowest BCUT2D eigenvalue weighted by Crippen LogP contribution is -2.57. The van der Waals surface area contributed by atoms with Crippen molar-refractivity contribution in [3.8, 4) is 0 Å². The first-order valence-electron chi connectivity index (χ1n) is 10.5. The molecule has 0 aliphatic carbocycles. The van der Waals surface area contributed by atoms with Crippen molar-refractivity contribution in [3.63, 3.8) is 0 Å². The third-order valence-corrected chi connectivity index (χ3v) is 8.13. The monoisotopic (exact) mass is 514 g/mol. The first-order chi connectivity index (χ1) is 16.2. The van der Waals surface area contributed by atoms with Crippen molar-refractivity contribution in [2.45, 2.75) is 48.1 Å². The summed E-state index contributed by atoms with van der Waals surface area (Å²) in [6, 6.07) is 12.4. The third kappa shape index (κ3) is 5.83. The normalized spacial score (nSPS) is 26.3. The van der Waals surface area contributed by atoms with Crippen molar-refractivity contribution in [2.75, 3.05) is 26.8 Å². The number of hydrogen-bond acceptors (Lipinski definition) is 10. The first kappa shape index (κ1) is 25.2. The Balaban J connectivity index is 1.54. The van der Waals surface area contributed by atoms with Crippen LogP contribution < -0.4 is 0 Å². The van der Waals surface area contributed by atoms with E-state index in [2.05, 4.69) is 0 Å². The van der Waals surface area contributed by atoms with Crippen molar-refractivity contribution >= 4 is 20.2 Å². The molecule has 2 saturated heterocycles. The second-order valence-electron chi connectivity index (χ2n) is 8.04. The average molecular weight is 515 g/mol. The Morgan fingerprint density at radius 2 is 1.00 bits per heavy atom. The highest BCUT2D eigenvalue weighted by molar-refractivity contribution is 7.87. The summed E-state index contributed by atoms with van der Waals surface area (Å²) >= 11 is 0. The van der Waals surface area contributed by atoms with Crippen molar-refractivity contribution in [2.24, 2.45) is 0 Å². The first-order valence-corrected chi connectivity index (χ1v) is 13.4. The van der Waals surface area contributed by atoms with Crippen molar-refractivity contribution in [1.29, 1.82) is 0 Å². The summed E-state index contributed by atoms with van der Waals surface area (Å²) in [5, 5.41) is 0. The van der Waals surface area contributed by atoms with E-state index in [1.54, 1.807) is 24.3 Å². The molecule has 2 fully saturated rings. The minimum Gasteiger partial charge on any atom is -0.353 e. The molecule has 0 aromatic heterocycles. The second-order valence-corrected chi connectivity index (χ2v) is 11.2. The van der Waals surface area contributed by atoms with Gasteiger partial charge in [0, 0.05) is 0 Å². The molecule has 2 aromatic rings. The van der Waals surface area contributed by atoms with Crippen LogP contribution in [0.4, 0.5) is 0 Å². The van der Waals surface area contributed by atoms with Crippen LogP contribution in [0.25, 0.3) is 0 Å². The van der Waals surface area contributed by atoms with E-state index in [9.17, 15) is 16.8 Å². The van der Waals surface area contributed by atoms with Gasteiger partial charge in [-0.05, 0) is 38.1 Å². The van der Waals surface area contributed by atoms with Crippen LogP contribution >= 0.6 is 0 Å². The fraction of sp³-hybridized carbons (Fsp3) is 0.455. The van der Waals surface area contributed by atoms with Gasteiger partial charge in [0.05, 0.1) is 23.0 Å². The molecule has 2 aliphatic rings. The van der Waals surface area contributed by atoms with Crippen LogP contribution in [0.3, 0.4) is 0 Å². The summed E-state index contributed by atoms with van der Waals surface area (Å²) in [4.78, 5) is -0.0462. The molecule has 34 heavy (non-hydrogen) atoms. The van der Waals surface area contributed by atoms with Gasteiger partial charge in [-0.1, -0.05) is 35.4 Å². The van der Waals surface area contributed by atoms with Gasteiger partial charge in [0.15, 0.2) is 0 Å². The number of aryl methyl sites for hydroxylation is 2. The van der Waals surface area contributed by atoms with Crippen molar-refractivity contribution in [3.05, 3.63) is 59.7 Å². The molecule has 0 amide bonds. The third-order valence-electron chi connectivity index (χ3n) is 5.43. The average Bonchev–Trinajstić information content (AvgIpc) is 2.80. The number of hydrogen-bond donors (Lipinski definition) is 0. The van der Waals surface area contributed by atoms with Gasteiger partial charge in [-0.25, -0.2) is 0 Å². The molecule has 0 unspecified atom stereocenters. The minimum absolute atomic E-state index is 0.0231. The summed E-state index contributed by atoms with van der Waals surface area (Å²) in [6.07, 6.45) is -4.18. The van der Waals surface area contributed by atoms with Gasteiger partial charge >= 0.3 is 0 Å². The lowest BCUT2D eigenvalue weighted by Gasteiger charge is -2.40. The van der Waals surface area contributed by atoms with Crippen LogP contribution in [0.15, 0.2) is 58.3 Å². The molecule has 0 N–H and O–H groups in total. The summed E-state index contributed by atoms with van der Waals surface area (Å²) < 4.78 is 84.0. The molecule has 0 bridgehead atoms. The lowest BCUT2D eigenvalue weighted by atomic mass is 10.0. The van der Waals surface area contributed by atoms with Crippen LogP contribution in [-0.4, -0.2) is 68.1 Å². The highest BCUT2D eigenvalue weighted by atomic mass is 32.2. The Morgan fingerprint density at radius 1 is 0.647 bits per heavy atom. The van der Waals surface area contributed by atoms with Gasteiger partial charge < -0.3 is 18.9 Å². The molecule has 12 heteroatoms. The van der Waals surface area contributed by atoms with Gasteiger partial charge in [-0.2, -0.15) is 16.8 Å². The van der Waals surface area contributed by atoms with Crippen molar-refractivity contribution < 1.29 is 44.1 Å². The fourth-order valence-electron chi connectivity index (χ4n) is 3.61. The van der Waals surface area contributed by atoms with Crippen LogP contribution in [-0.2, 0) is 47.5 Å². The van der Waals surface area contributed by atoms with Crippen LogP contribution in [0, 0.1) is 13.8 Å². The zero-order valence-corrected chi connectivity index (χ0v) is 20.3. The molecule has 0 spiro atoms. The van der Waals surface area contributed by atoms with E-state index in [0.717, 1.165) is 11.1 Å². The van der Waals surface area contributed by atoms with E-state index in [1.807, 2.05) is 13.8 Å². The van der Waals surface area contributed by atoms with Crippen LogP contribution in [0.2, 0.25) is 0 Å². The number of benzene rings is 2. The van der Waals surface area contributed by atoms with E-state index in [1.165, 1.54) is 24.3 Å². The van der Waals surface area contributed by atoms with E-state index < -0.39 is 44.7 Å². The van der Waals surface area contributed by atoms with E-state index >= 15 is 0 Å². The molecule has 0 radical (unpaired) electrons. The summed E-state index contributed by atoms with van der Waals surface area (Å²) in [5.74, 6) is 0. The highest BCUT2D eigenvalue weighted by Gasteiger charge is 2.45. The SMILES string of the molecule is Cc1ccc(S(=O)(=O)O[C@@H]2COCO[C@@H]2[C@H]2OCOC[C@H]2OS(=O)(=O)c2ccc(C)cc2)cc1.